The number of halogens is 2. The summed E-state index contributed by atoms with van der Waals surface area (Å²) in [6.45, 7) is 6.68. The van der Waals surface area contributed by atoms with Crippen molar-refractivity contribution in [3.8, 4) is 33.8 Å². The van der Waals surface area contributed by atoms with Gasteiger partial charge in [0, 0.05) is 18.7 Å². The molecule has 6 aromatic carbocycles. The van der Waals surface area contributed by atoms with Gasteiger partial charge in [-0.1, -0.05) is 138 Å². The van der Waals surface area contributed by atoms with Gasteiger partial charge in [-0.15, -0.1) is 0 Å². The molecule has 1 aliphatic rings. The summed E-state index contributed by atoms with van der Waals surface area (Å²) in [4.78, 5) is 78.8. The Morgan fingerprint density at radius 2 is 1.28 bits per heavy atom. The smallest absolute Gasteiger partial charge is 0.330 e. The number of amides is 2. The van der Waals surface area contributed by atoms with Crippen LogP contribution in [0.15, 0.2) is 149 Å². The van der Waals surface area contributed by atoms with Crippen LogP contribution in [0.2, 0.25) is 10.0 Å². The van der Waals surface area contributed by atoms with Gasteiger partial charge < -0.3 is 30.3 Å². The Balaban J connectivity index is 1.44. The van der Waals surface area contributed by atoms with Gasteiger partial charge in [-0.05, 0) is 91.3 Å². The van der Waals surface area contributed by atoms with E-state index in [1.807, 2.05) is 98.8 Å². The molecule has 8 rings (SSSR count). The van der Waals surface area contributed by atoms with E-state index in [0.29, 0.717) is 18.5 Å². The molecule has 0 saturated carbocycles. The second-order valence-electron chi connectivity index (χ2n) is 17.1. The maximum atomic E-state index is 15.9. The van der Waals surface area contributed by atoms with Crippen molar-refractivity contribution in [2.24, 2.45) is 5.73 Å². The van der Waals surface area contributed by atoms with E-state index in [0.717, 1.165) is 32.4 Å². The number of benzene rings is 6. The minimum absolute atomic E-state index is 0.0647. The summed E-state index contributed by atoms with van der Waals surface area (Å²) in [7, 11) is 0. The number of nitrogens with two attached hydrogens (primary N) is 1. The van der Waals surface area contributed by atoms with Gasteiger partial charge in [-0.2, -0.15) is 0 Å². The highest BCUT2D eigenvalue weighted by Crippen LogP contribution is 2.52. The van der Waals surface area contributed by atoms with Crippen LogP contribution in [0.3, 0.4) is 0 Å². The number of primary amides is 1. The van der Waals surface area contributed by atoms with E-state index < -0.39 is 46.7 Å². The number of aromatic nitrogens is 2. The zero-order chi connectivity index (χ0) is 47.6. The van der Waals surface area contributed by atoms with Gasteiger partial charge in [0.05, 0.1) is 39.7 Å². The number of fused-ring (bicyclic) bond motifs is 1. The molecule has 4 N–H and O–H groups in total. The molecule has 7 aromatic rings. The number of ether oxygens (including phenoxy) is 2. The van der Waals surface area contributed by atoms with Crippen LogP contribution >= 0.6 is 23.2 Å². The largest absolute Gasteiger partial charge is 0.489 e. The first-order chi connectivity index (χ1) is 32.2. The van der Waals surface area contributed by atoms with Crippen LogP contribution in [0.4, 0.5) is 0 Å². The Labute approximate surface area is 397 Å². The minimum Gasteiger partial charge on any atom is -0.489 e. The second-order valence-corrected chi connectivity index (χ2v) is 18.0. The van der Waals surface area contributed by atoms with E-state index in [1.165, 1.54) is 18.2 Å². The molecular weight excluding hydrogens is 890 g/mol. The number of carbonyl (C=O) groups is 3. The number of hydrogen-bond donors (Lipinski definition) is 3. The van der Waals surface area contributed by atoms with Gasteiger partial charge in [0.2, 0.25) is 11.6 Å². The monoisotopic (exact) mass is 937 g/mol. The Kier molecular flexibility index (Phi) is 13.3. The van der Waals surface area contributed by atoms with E-state index in [1.54, 1.807) is 55.1 Å². The fourth-order valence-corrected chi connectivity index (χ4v) is 9.45. The molecule has 0 bridgehead atoms. The molecule has 342 valence electrons. The molecule has 67 heavy (non-hydrogen) atoms. The normalized spacial score (nSPS) is 16.2. The molecule has 2 heterocycles. The van der Waals surface area contributed by atoms with Crippen molar-refractivity contribution in [2.75, 3.05) is 13.1 Å². The summed E-state index contributed by atoms with van der Waals surface area (Å²) >= 11 is 13.8. The number of hydrogen-bond acceptors (Lipinski definition) is 8. The van der Waals surface area contributed by atoms with Crippen molar-refractivity contribution in [1.82, 2.24) is 19.8 Å². The van der Waals surface area contributed by atoms with E-state index in [2.05, 4.69) is 10.3 Å². The summed E-state index contributed by atoms with van der Waals surface area (Å²) in [5.41, 5.74) is 3.73. The van der Waals surface area contributed by atoms with Crippen LogP contribution < -0.4 is 31.8 Å². The van der Waals surface area contributed by atoms with Crippen LogP contribution in [0.5, 0.6) is 11.5 Å². The van der Waals surface area contributed by atoms with Crippen molar-refractivity contribution in [3.63, 3.8) is 0 Å². The lowest BCUT2D eigenvalue weighted by atomic mass is 9.64. The third kappa shape index (κ3) is 8.87. The lowest BCUT2D eigenvalue weighted by molar-refractivity contribution is -0.146. The molecule has 12 nitrogen and oxygen atoms in total. The van der Waals surface area contributed by atoms with Gasteiger partial charge in [-0.25, -0.2) is 9.36 Å². The molecule has 14 heteroatoms. The fourth-order valence-electron chi connectivity index (χ4n) is 9.01. The molecule has 0 aliphatic carbocycles. The first-order valence-corrected chi connectivity index (χ1v) is 22.7. The first kappa shape index (κ1) is 46.5. The van der Waals surface area contributed by atoms with Crippen molar-refractivity contribution in [2.45, 2.75) is 63.4 Å². The maximum absolute atomic E-state index is 15.9. The van der Waals surface area contributed by atoms with Crippen molar-refractivity contribution in [3.05, 3.63) is 187 Å². The highest BCUT2D eigenvalue weighted by molar-refractivity contribution is 6.33. The number of aromatic amines is 1. The highest BCUT2D eigenvalue weighted by Gasteiger charge is 2.70. The standard InChI is InChI=1S/C53H49Cl2N5O7/c1-32(2)66-46-24-23-40(26-43(46)54)52(31-61,39-21-19-38(20-22-39)36-13-9-6-10-14-36)53(50(64)57-29-48(56)62,59-30-41(59)25-34-15-17-37(18-16-34)35-11-7-5-8-12-35)60-49(63)42-27-44(55)47(67-33(3)4)28-45(42)58-51(60)65/h5-24,26-28,31-33,41H,25,29-30H2,1-4H3,(H2,56,62)(H,57,64)(H,58,65). The van der Waals surface area contributed by atoms with Crippen molar-refractivity contribution in [1.29, 1.82) is 0 Å². The predicted octanol–water partition coefficient (Wildman–Crippen LogP) is 8.27. The number of rotatable bonds is 17. The minimum atomic E-state index is -2.63. The average molecular weight is 939 g/mol. The SMILES string of the molecule is CC(C)Oc1ccc(C(C=O)(c2ccc(-c3ccccc3)cc2)C(C(=O)NCC(N)=O)(N2CC2Cc2ccc(-c3ccccc3)cc2)n2c(=O)[nH]c3cc(OC(C)C)c(Cl)cc3c2=O)cc1Cl. The highest BCUT2D eigenvalue weighted by atomic mass is 35.5. The van der Waals surface area contributed by atoms with Crippen LogP contribution in [0, 0.1) is 0 Å². The molecule has 2 amide bonds. The molecule has 1 fully saturated rings. The second kappa shape index (κ2) is 19.1. The number of aldehydes is 1. The lowest BCUT2D eigenvalue weighted by Crippen LogP contribution is -2.72. The van der Waals surface area contributed by atoms with Gasteiger partial charge in [0.25, 0.3) is 11.5 Å². The molecule has 0 spiro atoms. The van der Waals surface area contributed by atoms with Crippen molar-refractivity contribution < 1.29 is 23.9 Å². The van der Waals surface area contributed by atoms with E-state index in [-0.39, 0.29) is 56.6 Å². The Morgan fingerprint density at radius 1 is 0.746 bits per heavy atom. The summed E-state index contributed by atoms with van der Waals surface area (Å²) < 4.78 is 12.7. The third-order valence-electron chi connectivity index (χ3n) is 12.0. The Morgan fingerprint density at radius 3 is 1.84 bits per heavy atom. The van der Waals surface area contributed by atoms with E-state index in [9.17, 15) is 4.79 Å². The first-order valence-electron chi connectivity index (χ1n) is 21.9. The fraction of sp³-hybridized carbons (Fsp3) is 0.226. The van der Waals surface area contributed by atoms with Gasteiger partial charge >= 0.3 is 5.69 Å². The summed E-state index contributed by atoms with van der Waals surface area (Å²) in [6, 6.07) is 41.3. The number of nitrogens with one attached hydrogen (secondary N) is 2. The summed E-state index contributed by atoms with van der Waals surface area (Å²) in [6.07, 6.45) is 0.307. The molecule has 4 unspecified atom stereocenters. The zero-order valence-electron chi connectivity index (χ0n) is 37.3. The molecule has 4 atom stereocenters. The number of nitrogens with zero attached hydrogens (tertiary/aromatic N) is 2. The number of carbonyl (C=O) groups excluding carboxylic acids is 3. The van der Waals surface area contributed by atoms with Crippen LogP contribution in [-0.4, -0.2) is 63.9 Å². The van der Waals surface area contributed by atoms with E-state index in [4.69, 9.17) is 38.4 Å². The predicted molar refractivity (Wildman–Crippen MR) is 262 cm³/mol. The molecule has 0 radical (unpaired) electrons. The molecule has 1 saturated heterocycles. The van der Waals surface area contributed by atoms with Gasteiger partial charge in [0.15, 0.2) is 0 Å². The molecular formula is C53H49Cl2N5O7. The van der Waals surface area contributed by atoms with Crippen LogP contribution in [0.25, 0.3) is 33.2 Å². The quantitative estimate of drug-likeness (QED) is 0.0607. The number of H-pyrrole nitrogens is 1. The average Bonchev–Trinajstić information content (AvgIpc) is 4.09. The molecule has 1 aromatic heterocycles. The van der Waals surface area contributed by atoms with E-state index >= 15 is 19.2 Å². The topological polar surface area (TPSA) is 166 Å². The van der Waals surface area contributed by atoms with Crippen LogP contribution in [0.1, 0.15) is 44.4 Å². The summed E-state index contributed by atoms with van der Waals surface area (Å²) in [5.74, 6) is -1.44. The third-order valence-corrected chi connectivity index (χ3v) is 12.6. The zero-order valence-corrected chi connectivity index (χ0v) is 38.8. The molecule has 1 aliphatic heterocycles. The van der Waals surface area contributed by atoms with Gasteiger partial charge in [0.1, 0.15) is 23.2 Å². The maximum Gasteiger partial charge on any atom is 0.330 e. The van der Waals surface area contributed by atoms with Crippen molar-refractivity contribution >= 4 is 52.2 Å². The van der Waals surface area contributed by atoms with Gasteiger partial charge in [-0.3, -0.25) is 19.3 Å². The Hall–Kier alpha value is -6.99. The Bertz CT molecular complexity index is 3090. The lowest BCUT2D eigenvalue weighted by Gasteiger charge is -2.48. The summed E-state index contributed by atoms with van der Waals surface area (Å²) in [5, 5.41) is 2.71. The van der Waals surface area contributed by atoms with Crippen LogP contribution in [-0.2, 0) is 31.9 Å².